The minimum absolute atomic E-state index is 0.0324. The van der Waals surface area contributed by atoms with E-state index in [4.69, 9.17) is 11.6 Å². The van der Waals surface area contributed by atoms with Gasteiger partial charge in [0, 0.05) is 16.5 Å². The number of rotatable bonds is 5. The third-order valence-corrected chi connectivity index (χ3v) is 6.30. The molecule has 10 heteroatoms. The number of anilines is 2. The van der Waals surface area contributed by atoms with Crippen molar-refractivity contribution in [1.29, 1.82) is 0 Å². The molecule has 0 unspecified atom stereocenters. The average Bonchev–Trinajstić information content (AvgIpc) is 3.44. The summed E-state index contributed by atoms with van der Waals surface area (Å²) in [6.07, 6.45) is 4.05. The monoisotopic (exact) mass is 430 g/mol. The Morgan fingerprint density at radius 2 is 2.00 bits per heavy atom. The summed E-state index contributed by atoms with van der Waals surface area (Å²) in [5, 5.41) is 20.8. The number of nitrogens with one attached hydrogen (secondary N) is 3. The Labute approximate surface area is 176 Å². The lowest BCUT2D eigenvalue weighted by Gasteiger charge is -2.09. The van der Waals surface area contributed by atoms with Crippen LogP contribution in [-0.2, 0) is 4.79 Å². The predicted octanol–water partition coefficient (Wildman–Crippen LogP) is 4.27. The zero-order valence-electron chi connectivity index (χ0n) is 15.7. The largest absolute Gasteiger partial charge is 0.321 e. The molecule has 3 N–H and O–H groups in total. The molecule has 4 rings (SSSR count). The summed E-state index contributed by atoms with van der Waals surface area (Å²) in [5.74, 6) is 0.161. The van der Waals surface area contributed by atoms with E-state index in [1.54, 1.807) is 18.2 Å². The number of aromatic amines is 1. The fourth-order valence-electron chi connectivity index (χ4n) is 3.45. The molecule has 0 spiro atoms. The number of tetrazole rings is 1. The highest BCUT2D eigenvalue weighted by atomic mass is 35.5. The van der Waals surface area contributed by atoms with Crippen LogP contribution in [0.15, 0.2) is 24.3 Å². The summed E-state index contributed by atoms with van der Waals surface area (Å²) in [5.41, 5.74) is 1.87. The van der Waals surface area contributed by atoms with Gasteiger partial charge in [-0.05, 0) is 54.8 Å². The van der Waals surface area contributed by atoms with Crippen LogP contribution in [0.5, 0.6) is 0 Å². The van der Waals surface area contributed by atoms with Gasteiger partial charge in [0.15, 0.2) is 0 Å². The standard InChI is InChI=1S/C19H19ClN6O2S/c1-10-8-15(22-18(27)11-4-2-3-5-11)29-16(10)19(28)21-14-9-12(20)6-7-13(14)17-23-25-26-24-17/h6-9,11H,2-5H2,1H3,(H,21,28)(H,22,27)(H,23,24,25,26). The SMILES string of the molecule is Cc1cc(NC(=O)C2CCCC2)sc1C(=O)Nc1cc(Cl)ccc1-c1nn[nH]n1. The first-order chi connectivity index (χ1) is 14.0. The van der Waals surface area contributed by atoms with Gasteiger partial charge in [-0.2, -0.15) is 5.21 Å². The maximum Gasteiger partial charge on any atom is 0.266 e. The van der Waals surface area contributed by atoms with Crippen molar-refractivity contribution in [3.63, 3.8) is 0 Å². The molecule has 29 heavy (non-hydrogen) atoms. The van der Waals surface area contributed by atoms with Crippen LogP contribution in [0, 0.1) is 12.8 Å². The van der Waals surface area contributed by atoms with E-state index in [1.807, 2.05) is 13.0 Å². The average molecular weight is 431 g/mol. The van der Waals surface area contributed by atoms with Gasteiger partial charge in [-0.15, -0.1) is 21.5 Å². The zero-order valence-corrected chi connectivity index (χ0v) is 17.2. The van der Waals surface area contributed by atoms with Crippen molar-refractivity contribution in [3.05, 3.63) is 39.7 Å². The topological polar surface area (TPSA) is 113 Å². The number of aromatic nitrogens is 4. The van der Waals surface area contributed by atoms with Gasteiger partial charge in [0.2, 0.25) is 11.7 Å². The third-order valence-electron chi connectivity index (χ3n) is 4.91. The van der Waals surface area contributed by atoms with E-state index in [9.17, 15) is 9.59 Å². The van der Waals surface area contributed by atoms with Crippen molar-refractivity contribution in [2.45, 2.75) is 32.6 Å². The molecule has 0 bridgehead atoms. The molecule has 1 aromatic carbocycles. The Morgan fingerprint density at radius 3 is 2.72 bits per heavy atom. The lowest BCUT2D eigenvalue weighted by molar-refractivity contribution is -0.119. The Bertz CT molecular complexity index is 1040. The van der Waals surface area contributed by atoms with Crippen LogP contribution in [-0.4, -0.2) is 32.4 Å². The van der Waals surface area contributed by atoms with Gasteiger partial charge in [-0.3, -0.25) is 9.59 Å². The van der Waals surface area contributed by atoms with E-state index in [0.717, 1.165) is 31.2 Å². The van der Waals surface area contributed by atoms with E-state index in [0.29, 0.717) is 32.0 Å². The molecular weight excluding hydrogens is 412 g/mol. The number of hydrogen-bond acceptors (Lipinski definition) is 6. The summed E-state index contributed by atoms with van der Waals surface area (Å²) in [4.78, 5) is 25.8. The number of benzene rings is 1. The van der Waals surface area contributed by atoms with Crippen molar-refractivity contribution >= 4 is 45.4 Å². The highest BCUT2D eigenvalue weighted by Crippen LogP contribution is 2.32. The van der Waals surface area contributed by atoms with Gasteiger partial charge in [-0.25, -0.2) is 0 Å². The fourth-order valence-corrected chi connectivity index (χ4v) is 4.59. The number of halogens is 1. The summed E-state index contributed by atoms with van der Waals surface area (Å²) >= 11 is 7.36. The van der Waals surface area contributed by atoms with Crippen molar-refractivity contribution in [2.75, 3.05) is 10.6 Å². The van der Waals surface area contributed by atoms with E-state index < -0.39 is 0 Å². The van der Waals surface area contributed by atoms with Crippen LogP contribution in [0.3, 0.4) is 0 Å². The second kappa shape index (κ2) is 8.30. The van der Waals surface area contributed by atoms with E-state index in [-0.39, 0.29) is 17.7 Å². The van der Waals surface area contributed by atoms with E-state index in [1.165, 1.54) is 11.3 Å². The van der Waals surface area contributed by atoms with Crippen LogP contribution < -0.4 is 10.6 Å². The fraction of sp³-hybridized carbons (Fsp3) is 0.316. The minimum atomic E-state index is -0.291. The van der Waals surface area contributed by atoms with Crippen molar-refractivity contribution < 1.29 is 9.59 Å². The van der Waals surface area contributed by atoms with Gasteiger partial charge < -0.3 is 10.6 Å². The Kier molecular flexibility index (Phi) is 5.59. The molecule has 8 nitrogen and oxygen atoms in total. The van der Waals surface area contributed by atoms with Crippen molar-refractivity contribution in [2.24, 2.45) is 5.92 Å². The molecule has 0 saturated heterocycles. The highest BCUT2D eigenvalue weighted by molar-refractivity contribution is 7.18. The molecule has 1 aliphatic rings. The number of carbonyl (C=O) groups is 2. The van der Waals surface area contributed by atoms with Gasteiger partial charge >= 0.3 is 0 Å². The van der Waals surface area contributed by atoms with Gasteiger partial charge in [0.25, 0.3) is 5.91 Å². The lowest BCUT2D eigenvalue weighted by Crippen LogP contribution is -2.19. The Hall–Kier alpha value is -2.78. The first kappa shape index (κ1) is 19.5. The summed E-state index contributed by atoms with van der Waals surface area (Å²) in [6.45, 7) is 1.84. The van der Waals surface area contributed by atoms with Crippen molar-refractivity contribution in [3.8, 4) is 11.4 Å². The van der Waals surface area contributed by atoms with Gasteiger partial charge in [-0.1, -0.05) is 24.4 Å². The number of hydrogen-bond donors (Lipinski definition) is 3. The molecule has 1 fully saturated rings. The number of aryl methyl sites for hydroxylation is 1. The third kappa shape index (κ3) is 4.30. The molecule has 2 aromatic heterocycles. The Balaban J connectivity index is 1.53. The van der Waals surface area contributed by atoms with Crippen LogP contribution in [0.2, 0.25) is 5.02 Å². The van der Waals surface area contributed by atoms with Crippen LogP contribution in [0.1, 0.15) is 40.9 Å². The number of carbonyl (C=O) groups excluding carboxylic acids is 2. The summed E-state index contributed by atoms with van der Waals surface area (Å²) < 4.78 is 0. The first-order valence-corrected chi connectivity index (χ1v) is 10.5. The molecule has 150 valence electrons. The molecule has 1 aliphatic carbocycles. The molecule has 2 heterocycles. The molecule has 3 aromatic rings. The lowest BCUT2D eigenvalue weighted by atomic mass is 10.1. The normalized spacial score (nSPS) is 14.1. The molecule has 0 atom stereocenters. The number of amides is 2. The number of nitrogens with zero attached hydrogens (tertiary/aromatic N) is 3. The molecule has 1 saturated carbocycles. The summed E-state index contributed by atoms with van der Waals surface area (Å²) in [6, 6.07) is 6.87. The zero-order chi connectivity index (χ0) is 20.4. The number of thiophene rings is 1. The van der Waals surface area contributed by atoms with E-state index >= 15 is 0 Å². The second-order valence-corrected chi connectivity index (χ2v) is 8.46. The smallest absolute Gasteiger partial charge is 0.266 e. The molecule has 0 aliphatic heterocycles. The Morgan fingerprint density at radius 1 is 1.21 bits per heavy atom. The molecule has 0 radical (unpaired) electrons. The maximum atomic E-state index is 12.9. The molecule has 2 amide bonds. The highest BCUT2D eigenvalue weighted by Gasteiger charge is 2.24. The predicted molar refractivity (Wildman–Crippen MR) is 112 cm³/mol. The van der Waals surface area contributed by atoms with Crippen LogP contribution in [0.4, 0.5) is 10.7 Å². The minimum Gasteiger partial charge on any atom is -0.321 e. The van der Waals surface area contributed by atoms with Gasteiger partial charge in [0.05, 0.1) is 15.6 Å². The van der Waals surface area contributed by atoms with Crippen LogP contribution in [0.25, 0.3) is 11.4 Å². The number of H-pyrrole nitrogens is 1. The first-order valence-electron chi connectivity index (χ1n) is 9.27. The van der Waals surface area contributed by atoms with Gasteiger partial charge in [0.1, 0.15) is 0 Å². The second-order valence-electron chi connectivity index (χ2n) is 6.97. The summed E-state index contributed by atoms with van der Waals surface area (Å²) in [7, 11) is 0. The van der Waals surface area contributed by atoms with E-state index in [2.05, 4.69) is 31.3 Å². The quantitative estimate of drug-likeness (QED) is 0.559. The van der Waals surface area contributed by atoms with Crippen LogP contribution >= 0.6 is 22.9 Å². The van der Waals surface area contributed by atoms with Crippen molar-refractivity contribution in [1.82, 2.24) is 20.6 Å². The maximum absolute atomic E-state index is 12.9. The molecular formula is C19H19ClN6O2S.